The fourth-order valence-electron chi connectivity index (χ4n) is 4.16. The molecule has 1 atom stereocenters. The van der Waals surface area contributed by atoms with Gasteiger partial charge in [0.1, 0.15) is 11.6 Å². The van der Waals surface area contributed by atoms with Crippen molar-refractivity contribution in [2.45, 2.75) is 44.7 Å². The van der Waals surface area contributed by atoms with E-state index in [1.807, 2.05) is 19.2 Å². The number of ether oxygens (including phenoxy) is 1. The van der Waals surface area contributed by atoms with Gasteiger partial charge in [-0.15, -0.1) is 0 Å². The van der Waals surface area contributed by atoms with Gasteiger partial charge in [0, 0.05) is 45.2 Å². The van der Waals surface area contributed by atoms with Gasteiger partial charge in [-0.25, -0.2) is 4.98 Å². The smallest absolute Gasteiger partial charge is 0.193 e. The first kappa shape index (κ1) is 17.9. The van der Waals surface area contributed by atoms with Crippen LogP contribution in [0.3, 0.4) is 0 Å². The fourth-order valence-corrected chi connectivity index (χ4v) is 4.16. The van der Waals surface area contributed by atoms with Crippen molar-refractivity contribution in [1.29, 1.82) is 0 Å². The SMILES string of the molecule is CN=C(NCc1cn2c(n1)CCCC2)N1CCC(c2ccc(OC)cc2)C1. The van der Waals surface area contributed by atoms with Gasteiger partial charge in [0.2, 0.25) is 0 Å². The van der Waals surface area contributed by atoms with Gasteiger partial charge in [0.25, 0.3) is 0 Å². The molecule has 4 rings (SSSR count). The molecule has 3 heterocycles. The van der Waals surface area contributed by atoms with Crippen LogP contribution in [0.2, 0.25) is 0 Å². The predicted octanol–water partition coefficient (Wildman–Crippen LogP) is 2.79. The van der Waals surface area contributed by atoms with Crippen molar-refractivity contribution in [3.8, 4) is 5.75 Å². The van der Waals surface area contributed by atoms with E-state index in [0.29, 0.717) is 5.92 Å². The van der Waals surface area contributed by atoms with E-state index in [1.54, 1.807) is 7.11 Å². The van der Waals surface area contributed by atoms with Gasteiger partial charge in [-0.2, -0.15) is 0 Å². The number of rotatable bonds is 4. The van der Waals surface area contributed by atoms with Gasteiger partial charge >= 0.3 is 0 Å². The summed E-state index contributed by atoms with van der Waals surface area (Å²) in [7, 11) is 3.57. The van der Waals surface area contributed by atoms with Gasteiger partial charge in [-0.3, -0.25) is 4.99 Å². The number of likely N-dealkylation sites (tertiary alicyclic amines) is 1. The number of hydrogen-bond donors (Lipinski definition) is 1. The lowest BCUT2D eigenvalue weighted by atomic mass is 9.98. The molecule has 1 aromatic carbocycles. The van der Waals surface area contributed by atoms with Crippen molar-refractivity contribution in [2.24, 2.45) is 4.99 Å². The van der Waals surface area contributed by atoms with Gasteiger partial charge < -0.3 is 19.5 Å². The number of imidazole rings is 1. The zero-order chi connectivity index (χ0) is 18.6. The summed E-state index contributed by atoms with van der Waals surface area (Å²) in [4.78, 5) is 11.6. The molecule has 6 heteroatoms. The van der Waals surface area contributed by atoms with Crippen LogP contribution in [-0.4, -0.2) is 47.7 Å². The molecule has 1 fully saturated rings. The number of benzene rings is 1. The second-order valence-electron chi connectivity index (χ2n) is 7.40. The zero-order valence-corrected chi connectivity index (χ0v) is 16.3. The largest absolute Gasteiger partial charge is 0.497 e. The normalized spacial score (nSPS) is 19.9. The Balaban J connectivity index is 1.35. The average Bonchev–Trinajstić information content (AvgIpc) is 3.35. The minimum absolute atomic E-state index is 0.536. The molecular weight excluding hydrogens is 338 g/mol. The maximum absolute atomic E-state index is 5.27. The van der Waals surface area contributed by atoms with Crippen molar-refractivity contribution in [2.75, 3.05) is 27.2 Å². The Morgan fingerprint density at radius 2 is 2.11 bits per heavy atom. The Kier molecular flexibility index (Phi) is 5.32. The lowest BCUT2D eigenvalue weighted by Crippen LogP contribution is -2.39. The van der Waals surface area contributed by atoms with Crippen LogP contribution in [0.5, 0.6) is 5.75 Å². The second kappa shape index (κ2) is 8.03. The Bertz CT molecular complexity index is 772. The van der Waals surface area contributed by atoms with Crippen molar-refractivity contribution in [3.05, 3.63) is 47.5 Å². The number of aliphatic imine (C=N–C) groups is 1. The number of aromatic nitrogens is 2. The fraction of sp³-hybridized carbons (Fsp3) is 0.524. The minimum Gasteiger partial charge on any atom is -0.497 e. The monoisotopic (exact) mass is 367 g/mol. The summed E-state index contributed by atoms with van der Waals surface area (Å²) < 4.78 is 7.57. The molecule has 1 unspecified atom stereocenters. The molecule has 1 aromatic heterocycles. The highest BCUT2D eigenvalue weighted by molar-refractivity contribution is 5.80. The maximum atomic E-state index is 5.27. The van der Waals surface area contributed by atoms with E-state index >= 15 is 0 Å². The molecular formula is C21H29N5O. The molecule has 1 N–H and O–H groups in total. The first-order chi connectivity index (χ1) is 13.3. The van der Waals surface area contributed by atoms with Crippen LogP contribution in [0.4, 0.5) is 0 Å². The van der Waals surface area contributed by atoms with Crippen LogP contribution < -0.4 is 10.1 Å². The van der Waals surface area contributed by atoms with Crippen molar-refractivity contribution in [1.82, 2.24) is 19.8 Å². The van der Waals surface area contributed by atoms with Gasteiger partial charge in [0.05, 0.1) is 19.3 Å². The van der Waals surface area contributed by atoms with E-state index < -0.39 is 0 Å². The lowest BCUT2D eigenvalue weighted by Gasteiger charge is -2.21. The molecule has 144 valence electrons. The van der Waals surface area contributed by atoms with Crippen LogP contribution in [0.15, 0.2) is 35.5 Å². The lowest BCUT2D eigenvalue weighted by molar-refractivity contribution is 0.414. The number of guanidine groups is 1. The summed E-state index contributed by atoms with van der Waals surface area (Å²) in [6, 6.07) is 8.45. The van der Waals surface area contributed by atoms with Gasteiger partial charge in [0.15, 0.2) is 5.96 Å². The van der Waals surface area contributed by atoms with Crippen LogP contribution in [-0.2, 0) is 19.5 Å². The number of methoxy groups -OCH3 is 1. The Morgan fingerprint density at radius 1 is 1.26 bits per heavy atom. The molecule has 6 nitrogen and oxygen atoms in total. The number of fused-ring (bicyclic) bond motifs is 1. The van der Waals surface area contributed by atoms with E-state index in [1.165, 1.54) is 24.2 Å². The number of aryl methyl sites for hydroxylation is 2. The van der Waals surface area contributed by atoms with Crippen LogP contribution in [0.25, 0.3) is 0 Å². The predicted molar refractivity (Wildman–Crippen MR) is 107 cm³/mol. The minimum atomic E-state index is 0.536. The van der Waals surface area contributed by atoms with E-state index in [2.05, 4.69) is 38.1 Å². The molecule has 27 heavy (non-hydrogen) atoms. The van der Waals surface area contributed by atoms with Gasteiger partial charge in [-0.1, -0.05) is 12.1 Å². The number of hydrogen-bond acceptors (Lipinski definition) is 3. The maximum Gasteiger partial charge on any atom is 0.193 e. The van der Waals surface area contributed by atoms with Gasteiger partial charge in [-0.05, 0) is 37.0 Å². The third-order valence-electron chi connectivity index (χ3n) is 5.67. The van der Waals surface area contributed by atoms with E-state index in [0.717, 1.165) is 56.4 Å². The molecule has 0 spiro atoms. The van der Waals surface area contributed by atoms with Crippen molar-refractivity contribution < 1.29 is 4.74 Å². The standard InChI is InChI=1S/C21H29N5O/c1-22-21(23-13-18-15-25-11-4-3-5-20(25)24-18)26-12-10-17(14-26)16-6-8-19(27-2)9-7-16/h6-9,15,17H,3-5,10-14H2,1-2H3,(H,22,23). The summed E-state index contributed by atoms with van der Waals surface area (Å²) >= 11 is 0. The first-order valence-electron chi connectivity index (χ1n) is 9.91. The zero-order valence-electron chi connectivity index (χ0n) is 16.3. The highest BCUT2D eigenvalue weighted by Gasteiger charge is 2.26. The summed E-state index contributed by atoms with van der Waals surface area (Å²) in [5.74, 6) is 3.65. The summed E-state index contributed by atoms with van der Waals surface area (Å²) in [5.41, 5.74) is 2.48. The quantitative estimate of drug-likeness (QED) is 0.667. The molecule has 0 aliphatic carbocycles. The summed E-state index contributed by atoms with van der Waals surface area (Å²) in [5, 5.41) is 3.51. The Labute approximate surface area is 161 Å². The molecule has 2 aromatic rings. The average molecular weight is 367 g/mol. The molecule has 2 aliphatic rings. The highest BCUT2D eigenvalue weighted by Crippen LogP contribution is 2.28. The van der Waals surface area contributed by atoms with Crippen LogP contribution >= 0.6 is 0 Å². The van der Waals surface area contributed by atoms with Crippen molar-refractivity contribution in [3.63, 3.8) is 0 Å². The molecule has 1 saturated heterocycles. The van der Waals surface area contributed by atoms with Crippen LogP contribution in [0, 0.1) is 0 Å². The van der Waals surface area contributed by atoms with Crippen LogP contribution in [0.1, 0.15) is 42.3 Å². The summed E-state index contributed by atoms with van der Waals surface area (Å²) in [6.07, 6.45) is 6.96. The third-order valence-corrected chi connectivity index (χ3v) is 5.67. The molecule has 0 bridgehead atoms. The number of nitrogens with zero attached hydrogens (tertiary/aromatic N) is 4. The van der Waals surface area contributed by atoms with Crippen molar-refractivity contribution >= 4 is 5.96 Å². The molecule has 0 radical (unpaired) electrons. The highest BCUT2D eigenvalue weighted by atomic mass is 16.5. The van der Waals surface area contributed by atoms with E-state index in [4.69, 9.17) is 9.72 Å². The molecule has 0 amide bonds. The topological polar surface area (TPSA) is 54.7 Å². The molecule has 0 saturated carbocycles. The van der Waals surface area contributed by atoms with E-state index in [9.17, 15) is 0 Å². The first-order valence-corrected chi connectivity index (χ1v) is 9.91. The van der Waals surface area contributed by atoms with E-state index in [-0.39, 0.29) is 0 Å². The number of nitrogens with one attached hydrogen (secondary N) is 1. The molecule has 2 aliphatic heterocycles. The summed E-state index contributed by atoms with van der Waals surface area (Å²) in [6.45, 7) is 3.85. The second-order valence-corrected chi connectivity index (χ2v) is 7.40. The third kappa shape index (κ3) is 3.94. The Hall–Kier alpha value is -2.50. The Morgan fingerprint density at radius 3 is 2.85 bits per heavy atom.